The smallest absolute Gasteiger partial charge is 0.295 e. The topological polar surface area (TPSA) is 84.7 Å². The highest BCUT2D eigenvalue weighted by molar-refractivity contribution is 6.46. The van der Waals surface area contributed by atoms with Crippen LogP contribution in [0.1, 0.15) is 30.5 Å². The van der Waals surface area contributed by atoms with E-state index in [0.717, 1.165) is 0 Å². The average molecular weight is 500 g/mol. The first-order valence-electron chi connectivity index (χ1n) is 10.8. The van der Waals surface area contributed by atoms with Crippen LogP contribution in [0.2, 0.25) is 10.0 Å². The Hall–Kier alpha value is -3.29. The maximum atomic E-state index is 13.1. The summed E-state index contributed by atoms with van der Waals surface area (Å²) in [6.07, 6.45) is 5.80. The Morgan fingerprint density at radius 1 is 1.15 bits per heavy atom. The number of aromatic nitrogens is 2. The SMILES string of the molecule is CCOc1ccc(C(O)=C2C(=O)C(=O)N(CCCn3ccnc3)[C@@H]2c2cccc(Cl)c2)cc1Cl. The molecule has 1 saturated heterocycles. The zero-order valence-corrected chi connectivity index (χ0v) is 20.0. The van der Waals surface area contributed by atoms with E-state index in [1.165, 1.54) is 11.0 Å². The molecule has 1 aromatic heterocycles. The van der Waals surface area contributed by atoms with Crippen LogP contribution in [-0.4, -0.2) is 44.4 Å². The number of halogens is 2. The molecule has 1 atom stereocenters. The van der Waals surface area contributed by atoms with Gasteiger partial charge in [0.25, 0.3) is 11.7 Å². The van der Waals surface area contributed by atoms with Gasteiger partial charge >= 0.3 is 0 Å². The Morgan fingerprint density at radius 3 is 2.65 bits per heavy atom. The number of aliphatic hydroxyl groups excluding tert-OH is 1. The van der Waals surface area contributed by atoms with Crippen LogP contribution in [0.4, 0.5) is 0 Å². The minimum Gasteiger partial charge on any atom is -0.507 e. The fourth-order valence-electron chi connectivity index (χ4n) is 4.05. The number of imidazole rings is 1. The van der Waals surface area contributed by atoms with Gasteiger partial charge in [-0.1, -0.05) is 35.3 Å². The van der Waals surface area contributed by atoms with E-state index in [0.29, 0.717) is 53.0 Å². The number of rotatable bonds is 8. The molecule has 1 amide bonds. The molecule has 2 heterocycles. The van der Waals surface area contributed by atoms with E-state index in [9.17, 15) is 14.7 Å². The number of benzene rings is 2. The van der Waals surface area contributed by atoms with Crippen molar-refractivity contribution in [2.45, 2.75) is 25.9 Å². The van der Waals surface area contributed by atoms with Gasteiger partial charge in [-0.2, -0.15) is 0 Å². The van der Waals surface area contributed by atoms with Crippen molar-refractivity contribution in [3.05, 3.63) is 87.9 Å². The highest BCUT2D eigenvalue weighted by Crippen LogP contribution is 2.41. The molecule has 0 spiro atoms. The van der Waals surface area contributed by atoms with Crippen molar-refractivity contribution in [3.63, 3.8) is 0 Å². The van der Waals surface area contributed by atoms with Gasteiger partial charge in [-0.15, -0.1) is 0 Å². The molecule has 0 aliphatic carbocycles. The second-order valence-electron chi connectivity index (χ2n) is 7.78. The zero-order chi connectivity index (χ0) is 24.2. The predicted molar refractivity (Wildman–Crippen MR) is 130 cm³/mol. The van der Waals surface area contributed by atoms with Crippen LogP contribution >= 0.6 is 23.2 Å². The number of aryl methyl sites for hydroxylation is 1. The van der Waals surface area contributed by atoms with E-state index in [-0.39, 0.29) is 11.3 Å². The number of hydrogen-bond donors (Lipinski definition) is 1. The Kier molecular flexibility index (Phi) is 7.24. The first-order valence-corrected chi connectivity index (χ1v) is 11.6. The van der Waals surface area contributed by atoms with Crippen LogP contribution in [0.3, 0.4) is 0 Å². The minimum absolute atomic E-state index is 0.00451. The number of amides is 1. The van der Waals surface area contributed by atoms with Gasteiger partial charge in [-0.3, -0.25) is 9.59 Å². The molecule has 1 fully saturated rings. The molecule has 1 aliphatic rings. The molecule has 0 unspecified atom stereocenters. The molecule has 3 aromatic rings. The van der Waals surface area contributed by atoms with E-state index >= 15 is 0 Å². The Balaban J connectivity index is 1.74. The summed E-state index contributed by atoms with van der Waals surface area (Å²) in [7, 11) is 0. The summed E-state index contributed by atoms with van der Waals surface area (Å²) in [6.45, 7) is 3.20. The second kappa shape index (κ2) is 10.3. The number of ketones is 1. The highest BCUT2D eigenvalue weighted by Gasteiger charge is 2.45. The lowest BCUT2D eigenvalue weighted by Crippen LogP contribution is -2.31. The van der Waals surface area contributed by atoms with Crippen LogP contribution in [0.5, 0.6) is 5.75 Å². The molecule has 34 heavy (non-hydrogen) atoms. The van der Waals surface area contributed by atoms with Crippen LogP contribution in [-0.2, 0) is 16.1 Å². The average Bonchev–Trinajstić information content (AvgIpc) is 3.42. The third-order valence-electron chi connectivity index (χ3n) is 5.58. The summed E-state index contributed by atoms with van der Waals surface area (Å²) in [4.78, 5) is 31.7. The van der Waals surface area contributed by atoms with Crippen LogP contribution < -0.4 is 4.74 Å². The van der Waals surface area contributed by atoms with Crippen molar-refractivity contribution in [1.82, 2.24) is 14.5 Å². The molecule has 0 bridgehead atoms. The Bertz CT molecular complexity index is 1240. The van der Waals surface area contributed by atoms with Gasteiger partial charge in [0.1, 0.15) is 11.5 Å². The summed E-state index contributed by atoms with van der Waals surface area (Å²) in [5.74, 6) is -1.26. The van der Waals surface area contributed by atoms with E-state index in [2.05, 4.69) is 4.98 Å². The van der Waals surface area contributed by atoms with Crippen molar-refractivity contribution in [3.8, 4) is 5.75 Å². The Labute approximate surface area is 207 Å². The summed E-state index contributed by atoms with van der Waals surface area (Å²) in [5, 5.41) is 11.9. The molecule has 4 rings (SSSR count). The van der Waals surface area contributed by atoms with Crippen molar-refractivity contribution >= 4 is 40.7 Å². The van der Waals surface area contributed by atoms with Crippen molar-refractivity contribution in [2.75, 3.05) is 13.2 Å². The lowest BCUT2D eigenvalue weighted by atomic mass is 9.95. The standard InChI is InChI=1S/C25H23Cl2N3O4/c1-2-34-20-8-7-17(14-19(20)27)23(31)21-22(16-5-3-6-18(26)13-16)30(25(33)24(21)32)11-4-10-29-12-9-28-15-29/h3,5-9,12-15,22,31H,2,4,10-11H2,1H3/t22-/m1/s1. The minimum atomic E-state index is -0.785. The maximum absolute atomic E-state index is 13.1. The van der Waals surface area contributed by atoms with Crippen LogP contribution in [0.15, 0.2) is 66.8 Å². The normalized spacial score (nSPS) is 17.4. The van der Waals surface area contributed by atoms with Gasteiger partial charge in [0.05, 0.1) is 29.6 Å². The van der Waals surface area contributed by atoms with Gasteiger partial charge in [-0.05, 0) is 49.2 Å². The number of carbonyl (C=O) groups excluding carboxylic acids is 2. The van der Waals surface area contributed by atoms with Crippen molar-refractivity contribution < 1.29 is 19.4 Å². The van der Waals surface area contributed by atoms with Gasteiger partial charge < -0.3 is 19.3 Å². The van der Waals surface area contributed by atoms with Crippen molar-refractivity contribution in [2.24, 2.45) is 0 Å². The molecule has 0 saturated carbocycles. The van der Waals surface area contributed by atoms with Crippen LogP contribution in [0.25, 0.3) is 5.76 Å². The molecule has 0 radical (unpaired) electrons. The number of nitrogens with zero attached hydrogens (tertiary/aromatic N) is 3. The maximum Gasteiger partial charge on any atom is 0.295 e. The van der Waals surface area contributed by atoms with Crippen molar-refractivity contribution in [1.29, 1.82) is 0 Å². The highest BCUT2D eigenvalue weighted by atomic mass is 35.5. The van der Waals surface area contributed by atoms with E-state index in [4.69, 9.17) is 27.9 Å². The quantitative estimate of drug-likeness (QED) is 0.264. The monoisotopic (exact) mass is 499 g/mol. The van der Waals surface area contributed by atoms with Gasteiger partial charge in [0.15, 0.2) is 0 Å². The third-order valence-corrected chi connectivity index (χ3v) is 6.11. The molecular weight excluding hydrogens is 477 g/mol. The number of ether oxygens (including phenoxy) is 1. The molecule has 7 nitrogen and oxygen atoms in total. The molecule has 2 aromatic carbocycles. The van der Waals surface area contributed by atoms with Gasteiger partial charge in [-0.25, -0.2) is 4.98 Å². The van der Waals surface area contributed by atoms with Crippen LogP contribution in [0, 0.1) is 0 Å². The molecule has 176 valence electrons. The van der Waals surface area contributed by atoms with Gasteiger partial charge in [0, 0.05) is 36.1 Å². The summed E-state index contributed by atoms with van der Waals surface area (Å²) >= 11 is 12.5. The Morgan fingerprint density at radius 2 is 1.97 bits per heavy atom. The largest absolute Gasteiger partial charge is 0.507 e. The molecular formula is C25H23Cl2N3O4. The third kappa shape index (κ3) is 4.81. The van der Waals surface area contributed by atoms with E-state index in [1.54, 1.807) is 48.9 Å². The number of carbonyl (C=O) groups is 2. The molecule has 9 heteroatoms. The number of likely N-dealkylation sites (tertiary alicyclic amines) is 1. The molecule has 1 aliphatic heterocycles. The number of aliphatic hydroxyl groups is 1. The fraction of sp³-hybridized carbons (Fsp3) is 0.240. The summed E-state index contributed by atoms with van der Waals surface area (Å²) in [5.41, 5.74) is 0.944. The molecule has 1 N–H and O–H groups in total. The van der Waals surface area contributed by atoms with E-state index < -0.39 is 17.7 Å². The fourth-order valence-corrected chi connectivity index (χ4v) is 4.49. The summed E-state index contributed by atoms with van der Waals surface area (Å²) in [6, 6.07) is 10.9. The summed E-state index contributed by atoms with van der Waals surface area (Å²) < 4.78 is 7.35. The van der Waals surface area contributed by atoms with E-state index in [1.807, 2.05) is 17.7 Å². The number of hydrogen-bond acceptors (Lipinski definition) is 5. The van der Waals surface area contributed by atoms with Gasteiger partial charge in [0.2, 0.25) is 0 Å². The first-order chi connectivity index (χ1) is 16.4. The first kappa shape index (κ1) is 23.9. The second-order valence-corrected chi connectivity index (χ2v) is 8.62. The predicted octanol–water partition coefficient (Wildman–Crippen LogP) is 5.10. The lowest BCUT2D eigenvalue weighted by Gasteiger charge is -2.25. The lowest BCUT2D eigenvalue weighted by molar-refractivity contribution is -0.139. The number of Topliss-reactive ketones (excluding diaryl/α,β-unsaturated/α-hetero) is 1. The zero-order valence-electron chi connectivity index (χ0n) is 18.4.